The van der Waals surface area contributed by atoms with E-state index in [1.165, 1.54) is 0 Å². The molecule has 5 nitrogen and oxygen atoms in total. The third-order valence-electron chi connectivity index (χ3n) is 3.02. The van der Waals surface area contributed by atoms with Gasteiger partial charge < -0.3 is 9.47 Å². The van der Waals surface area contributed by atoms with Gasteiger partial charge in [0.15, 0.2) is 5.79 Å². The minimum atomic E-state index is -3.95. The van der Waals surface area contributed by atoms with Crippen LogP contribution in [0.4, 0.5) is 0 Å². The molecule has 2 aliphatic rings. The number of rotatable bonds is 3. The summed E-state index contributed by atoms with van der Waals surface area (Å²) in [5.41, 5.74) is 0. The normalized spacial score (nSPS) is 30.8. The molecule has 0 radical (unpaired) electrons. The van der Waals surface area contributed by atoms with E-state index in [0.717, 1.165) is 0 Å². The maximum atomic E-state index is 11.1. The Morgan fingerprint density at radius 2 is 1.94 bits per heavy atom. The van der Waals surface area contributed by atoms with Crippen LogP contribution in [0.3, 0.4) is 0 Å². The molecule has 16 heavy (non-hydrogen) atoms. The van der Waals surface area contributed by atoms with Crippen LogP contribution in [0.2, 0.25) is 0 Å². The van der Waals surface area contributed by atoms with Crippen LogP contribution in [0, 0.1) is 0 Å². The fourth-order valence-electron chi connectivity index (χ4n) is 1.99. The summed E-state index contributed by atoms with van der Waals surface area (Å²) in [5.74, 6) is -0.639. The molecule has 1 saturated carbocycles. The van der Waals surface area contributed by atoms with Gasteiger partial charge in [-0.05, 0) is 33.1 Å². The predicted octanol–water partition coefficient (Wildman–Crippen LogP) is 0.300. The number of hydrogen-bond donors (Lipinski definition) is 1. The van der Waals surface area contributed by atoms with Crippen LogP contribution in [0.5, 0.6) is 0 Å². The molecule has 1 saturated heterocycles. The monoisotopic (exact) mass is 276 g/mol. The van der Waals surface area contributed by atoms with Crippen LogP contribution in [0.25, 0.3) is 0 Å². The molecule has 0 spiro atoms. The Morgan fingerprint density at radius 1 is 1.38 bits per heavy atom. The molecular weight excluding hydrogens is 259 g/mol. The molecule has 1 aliphatic heterocycles. The van der Waals surface area contributed by atoms with E-state index in [2.05, 4.69) is 0 Å². The molecule has 1 N–H and O–H groups in total. The molecule has 0 amide bonds. The molecule has 0 unspecified atom stereocenters. The van der Waals surface area contributed by atoms with Gasteiger partial charge in [-0.3, -0.25) is 4.55 Å². The van der Waals surface area contributed by atoms with Gasteiger partial charge in [-0.15, -0.1) is 0 Å². The SMILES string of the molecule is CC1(C)OC[C@H](CC2(S(=O)(=O)O)CC2)O1.[KH]. The van der Waals surface area contributed by atoms with Crippen LogP contribution in [-0.4, -0.2) is 87.6 Å². The predicted molar refractivity (Wildman–Crippen MR) is 60.2 cm³/mol. The van der Waals surface area contributed by atoms with Crippen LogP contribution in [0.15, 0.2) is 0 Å². The Morgan fingerprint density at radius 3 is 2.25 bits per heavy atom. The summed E-state index contributed by atoms with van der Waals surface area (Å²) >= 11 is 0. The molecule has 7 heteroatoms. The Kier molecular flexibility index (Phi) is 4.72. The van der Waals surface area contributed by atoms with Crippen LogP contribution < -0.4 is 0 Å². The Hall–Kier alpha value is 1.47. The average Bonchev–Trinajstić information content (AvgIpc) is 2.73. The summed E-state index contributed by atoms with van der Waals surface area (Å²) in [5, 5.41) is 0. The molecule has 1 atom stereocenters. The fraction of sp³-hybridized carbons (Fsp3) is 1.00. The molecule has 0 aromatic rings. The molecule has 0 aromatic heterocycles. The van der Waals surface area contributed by atoms with Gasteiger partial charge in [0.1, 0.15) is 4.75 Å². The average molecular weight is 276 g/mol. The zero-order valence-electron chi connectivity index (χ0n) is 8.89. The van der Waals surface area contributed by atoms with Crippen molar-refractivity contribution in [2.24, 2.45) is 0 Å². The summed E-state index contributed by atoms with van der Waals surface area (Å²) in [6.45, 7) is 3.98. The minimum absolute atomic E-state index is 0. The van der Waals surface area contributed by atoms with E-state index in [1.54, 1.807) is 13.8 Å². The van der Waals surface area contributed by atoms with Crippen molar-refractivity contribution in [2.75, 3.05) is 6.61 Å². The van der Waals surface area contributed by atoms with Crippen LogP contribution >= 0.6 is 0 Å². The van der Waals surface area contributed by atoms with Crippen molar-refractivity contribution in [2.45, 2.75) is 49.7 Å². The van der Waals surface area contributed by atoms with E-state index >= 15 is 0 Å². The molecule has 0 bridgehead atoms. The van der Waals surface area contributed by atoms with Crippen molar-refractivity contribution in [1.82, 2.24) is 0 Å². The third kappa shape index (κ3) is 3.27. The first-order chi connectivity index (χ1) is 6.74. The van der Waals surface area contributed by atoms with Crippen molar-refractivity contribution in [3.05, 3.63) is 0 Å². The van der Waals surface area contributed by atoms with E-state index in [1.807, 2.05) is 0 Å². The van der Waals surface area contributed by atoms with Crippen LogP contribution in [-0.2, 0) is 19.6 Å². The molecule has 0 aromatic carbocycles. The molecule has 1 heterocycles. The van der Waals surface area contributed by atoms with Gasteiger partial charge >= 0.3 is 51.4 Å². The maximum absolute atomic E-state index is 11.1. The molecule has 1 aliphatic carbocycles. The van der Waals surface area contributed by atoms with Crippen LogP contribution in [0.1, 0.15) is 33.1 Å². The molecule has 90 valence electrons. The van der Waals surface area contributed by atoms with Crippen molar-refractivity contribution in [3.8, 4) is 0 Å². The van der Waals surface area contributed by atoms with Gasteiger partial charge in [0.25, 0.3) is 10.1 Å². The summed E-state index contributed by atoms with van der Waals surface area (Å²) < 4.78 is 41.2. The Bertz CT molecular complexity index is 360. The molecule has 2 fully saturated rings. The van der Waals surface area contributed by atoms with Gasteiger partial charge in [-0.1, -0.05) is 0 Å². The second kappa shape index (κ2) is 4.86. The van der Waals surface area contributed by atoms with Gasteiger partial charge in [0, 0.05) is 0 Å². The first-order valence-corrected chi connectivity index (χ1v) is 6.47. The van der Waals surface area contributed by atoms with E-state index in [-0.39, 0.29) is 57.5 Å². The van der Waals surface area contributed by atoms with Crippen molar-refractivity contribution in [3.63, 3.8) is 0 Å². The zero-order valence-corrected chi connectivity index (χ0v) is 9.71. The molecular formula is C9H17KO5S. The third-order valence-corrected chi connectivity index (χ3v) is 4.69. The quantitative estimate of drug-likeness (QED) is 0.593. The van der Waals surface area contributed by atoms with Gasteiger partial charge in [-0.2, -0.15) is 8.42 Å². The second-order valence-corrected chi connectivity index (χ2v) is 6.63. The van der Waals surface area contributed by atoms with Gasteiger partial charge in [0.2, 0.25) is 0 Å². The van der Waals surface area contributed by atoms with E-state index in [4.69, 9.17) is 14.0 Å². The summed E-state index contributed by atoms with van der Waals surface area (Å²) in [4.78, 5) is 0. The Balaban J connectivity index is 0.00000128. The summed E-state index contributed by atoms with van der Waals surface area (Å²) in [6, 6.07) is 0. The topological polar surface area (TPSA) is 72.8 Å². The zero-order chi connectivity index (χ0) is 11.3. The van der Waals surface area contributed by atoms with E-state index in [0.29, 0.717) is 25.9 Å². The van der Waals surface area contributed by atoms with Crippen molar-refractivity contribution in [1.29, 1.82) is 0 Å². The number of ether oxygens (including phenoxy) is 2. The first-order valence-electron chi connectivity index (χ1n) is 5.03. The van der Waals surface area contributed by atoms with Gasteiger partial charge in [-0.25, -0.2) is 0 Å². The van der Waals surface area contributed by atoms with E-state index < -0.39 is 20.7 Å². The summed E-state index contributed by atoms with van der Waals surface area (Å²) in [7, 11) is -3.95. The molecule has 2 rings (SSSR count). The van der Waals surface area contributed by atoms with Crippen molar-refractivity contribution >= 4 is 61.5 Å². The van der Waals surface area contributed by atoms with Crippen molar-refractivity contribution < 1.29 is 22.4 Å². The van der Waals surface area contributed by atoms with E-state index in [9.17, 15) is 8.42 Å². The standard InChI is InChI=1S/C9H16O5S.K.H/c1-8(2)13-6-7(14-8)5-9(3-4-9)15(10,11)12;;/h7H,3-6H2,1-2H3,(H,10,11,12);;/t7-;;/m0../s1. The van der Waals surface area contributed by atoms with Gasteiger partial charge in [0.05, 0.1) is 12.7 Å². The first kappa shape index (κ1) is 15.5. The summed E-state index contributed by atoms with van der Waals surface area (Å²) in [6.07, 6.45) is 1.14. The second-order valence-electron chi connectivity index (χ2n) is 4.81. The fourth-order valence-corrected chi connectivity index (χ4v) is 3.00. The number of hydrogen-bond acceptors (Lipinski definition) is 4. The Labute approximate surface area is 138 Å².